The van der Waals surface area contributed by atoms with Gasteiger partial charge in [-0.05, 0) is 19.3 Å². The maximum Gasteiger partial charge on any atom is 0.249 e. The van der Waals surface area contributed by atoms with Gasteiger partial charge >= 0.3 is 0 Å². The van der Waals surface area contributed by atoms with Gasteiger partial charge in [0, 0.05) is 13.0 Å². The molecule has 0 aromatic rings. The monoisotopic (exact) mass is 175 g/mol. The maximum absolute atomic E-state index is 12.7. The predicted octanol–water partition coefficient (Wildman–Crippen LogP) is 1.14. The highest BCUT2D eigenvalue weighted by Gasteiger charge is 2.31. The van der Waals surface area contributed by atoms with Crippen LogP contribution in [0.5, 0.6) is 0 Å². The number of amides is 1. The number of alkyl halides is 1. The minimum atomic E-state index is -0.802. The molecule has 0 spiro atoms. The van der Waals surface area contributed by atoms with Crippen molar-refractivity contribution in [3.63, 3.8) is 0 Å². The van der Waals surface area contributed by atoms with Gasteiger partial charge in [-0.15, -0.1) is 0 Å². The first-order valence-electron chi connectivity index (χ1n) is 4.11. The molecule has 2 unspecified atom stereocenters. The summed E-state index contributed by atoms with van der Waals surface area (Å²) in [7, 11) is 2.98. The van der Waals surface area contributed by atoms with Crippen LogP contribution in [0.25, 0.3) is 0 Å². The van der Waals surface area contributed by atoms with Crippen LogP contribution in [-0.2, 0) is 9.63 Å². The molecule has 1 rings (SSSR count). The van der Waals surface area contributed by atoms with Crippen molar-refractivity contribution >= 4 is 5.91 Å². The molecule has 4 heteroatoms. The summed E-state index contributed by atoms with van der Waals surface area (Å²) in [5, 5.41) is 1.17. The van der Waals surface area contributed by atoms with Crippen LogP contribution in [0.1, 0.15) is 19.3 Å². The van der Waals surface area contributed by atoms with E-state index in [0.29, 0.717) is 19.3 Å². The minimum absolute atomic E-state index is 0.113. The summed E-state index contributed by atoms with van der Waals surface area (Å²) >= 11 is 0. The number of hydrogen-bond acceptors (Lipinski definition) is 2. The number of carbonyl (C=O) groups excluding carboxylic acids is 1. The predicted molar refractivity (Wildman–Crippen MR) is 42.0 cm³/mol. The Bertz CT molecular complexity index is 174. The van der Waals surface area contributed by atoms with E-state index in [9.17, 15) is 9.18 Å². The summed E-state index contributed by atoms with van der Waals surface area (Å²) in [4.78, 5) is 16.1. The fraction of sp³-hybridized carbons (Fsp3) is 0.875. The van der Waals surface area contributed by atoms with E-state index in [4.69, 9.17) is 4.84 Å². The third-order valence-corrected chi connectivity index (χ3v) is 2.30. The van der Waals surface area contributed by atoms with Gasteiger partial charge in [-0.2, -0.15) is 0 Å². The smallest absolute Gasteiger partial charge is 0.249 e. The third-order valence-electron chi connectivity index (χ3n) is 2.30. The van der Waals surface area contributed by atoms with Crippen molar-refractivity contribution in [2.24, 2.45) is 5.92 Å². The third kappa shape index (κ3) is 1.94. The molecule has 1 saturated carbocycles. The Kier molecular flexibility index (Phi) is 3.03. The second-order valence-corrected chi connectivity index (χ2v) is 3.13. The second-order valence-electron chi connectivity index (χ2n) is 3.13. The Morgan fingerprint density at radius 2 is 2.25 bits per heavy atom. The molecule has 0 aromatic heterocycles. The Morgan fingerprint density at radius 3 is 2.67 bits per heavy atom. The normalized spacial score (nSPS) is 28.9. The zero-order valence-corrected chi connectivity index (χ0v) is 7.42. The molecule has 12 heavy (non-hydrogen) atoms. The Labute approximate surface area is 71.4 Å². The fourth-order valence-electron chi connectivity index (χ4n) is 1.50. The molecule has 0 aliphatic heterocycles. The molecule has 2 atom stereocenters. The Balaban J connectivity index is 2.43. The molecule has 0 N–H and O–H groups in total. The zero-order valence-electron chi connectivity index (χ0n) is 7.42. The fourth-order valence-corrected chi connectivity index (χ4v) is 1.50. The first-order valence-corrected chi connectivity index (χ1v) is 4.11. The van der Waals surface area contributed by atoms with Gasteiger partial charge in [-0.1, -0.05) is 0 Å². The van der Waals surface area contributed by atoms with Crippen molar-refractivity contribution < 1.29 is 14.0 Å². The quantitative estimate of drug-likeness (QED) is 0.589. The van der Waals surface area contributed by atoms with Gasteiger partial charge in [0.2, 0.25) is 5.91 Å². The molecule has 0 bridgehead atoms. The van der Waals surface area contributed by atoms with Crippen LogP contribution in [-0.4, -0.2) is 31.3 Å². The lowest BCUT2D eigenvalue weighted by Gasteiger charge is -2.17. The summed E-state index contributed by atoms with van der Waals surface area (Å²) in [5.74, 6) is -0.289. The van der Waals surface area contributed by atoms with Crippen LogP contribution in [0.15, 0.2) is 0 Å². The topological polar surface area (TPSA) is 29.5 Å². The summed E-state index contributed by atoms with van der Waals surface area (Å²) in [6.07, 6.45) is 0.706. The lowest BCUT2D eigenvalue weighted by molar-refractivity contribution is -0.173. The van der Waals surface area contributed by atoms with E-state index < -0.39 is 6.17 Å². The number of hydroxylamine groups is 2. The number of nitrogens with zero attached hydrogens (tertiary/aromatic N) is 1. The van der Waals surface area contributed by atoms with Crippen molar-refractivity contribution in [1.29, 1.82) is 0 Å². The van der Waals surface area contributed by atoms with E-state index >= 15 is 0 Å². The van der Waals surface area contributed by atoms with Crippen molar-refractivity contribution in [1.82, 2.24) is 5.06 Å². The molecule has 1 aliphatic carbocycles. The summed E-state index contributed by atoms with van der Waals surface area (Å²) in [5.41, 5.74) is 0. The van der Waals surface area contributed by atoms with Gasteiger partial charge in [0.25, 0.3) is 0 Å². The molecular weight excluding hydrogens is 161 g/mol. The Morgan fingerprint density at radius 1 is 1.58 bits per heavy atom. The molecule has 3 nitrogen and oxygen atoms in total. The van der Waals surface area contributed by atoms with E-state index in [0.717, 1.165) is 0 Å². The maximum atomic E-state index is 12.7. The van der Waals surface area contributed by atoms with E-state index in [1.807, 2.05) is 0 Å². The molecule has 0 radical (unpaired) electrons. The zero-order chi connectivity index (χ0) is 9.14. The molecule has 70 valence electrons. The van der Waals surface area contributed by atoms with E-state index in [1.165, 1.54) is 12.2 Å². The summed E-state index contributed by atoms with van der Waals surface area (Å²) in [6, 6.07) is 0. The first-order chi connectivity index (χ1) is 5.65. The van der Waals surface area contributed by atoms with Gasteiger partial charge in [0.15, 0.2) is 0 Å². The molecule has 1 aliphatic rings. The van der Waals surface area contributed by atoms with Gasteiger partial charge in [0.1, 0.15) is 6.17 Å². The van der Waals surface area contributed by atoms with Crippen LogP contribution in [0, 0.1) is 5.92 Å². The SMILES string of the molecule is CON(C)C(=O)C1CCC(F)C1. The number of rotatable bonds is 2. The Hall–Kier alpha value is -0.640. The van der Waals surface area contributed by atoms with Crippen molar-refractivity contribution in [3.05, 3.63) is 0 Å². The molecule has 1 fully saturated rings. The highest BCUT2D eigenvalue weighted by atomic mass is 19.1. The second kappa shape index (κ2) is 3.85. The minimum Gasteiger partial charge on any atom is -0.275 e. The van der Waals surface area contributed by atoms with Gasteiger partial charge in [-0.3, -0.25) is 9.63 Å². The van der Waals surface area contributed by atoms with Crippen LogP contribution < -0.4 is 0 Å². The van der Waals surface area contributed by atoms with Crippen LogP contribution in [0.2, 0.25) is 0 Å². The van der Waals surface area contributed by atoms with Crippen LogP contribution >= 0.6 is 0 Å². The summed E-state index contributed by atoms with van der Waals surface area (Å²) in [6.45, 7) is 0. The van der Waals surface area contributed by atoms with Crippen molar-refractivity contribution in [2.75, 3.05) is 14.2 Å². The van der Waals surface area contributed by atoms with E-state index in [2.05, 4.69) is 0 Å². The summed E-state index contributed by atoms with van der Waals surface area (Å²) < 4.78 is 12.7. The average Bonchev–Trinajstić information content (AvgIpc) is 2.49. The molecular formula is C8H14FNO2. The standard InChI is InChI=1S/C8H14FNO2/c1-10(12-2)8(11)6-3-4-7(9)5-6/h6-7H,3-5H2,1-2H3. The lowest BCUT2D eigenvalue weighted by Crippen LogP contribution is -2.31. The van der Waals surface area contributed by atoms with Crippen molar-refractivity contribution in [3.8, 4) is 0 Å². The average molecular weight is 175 g/mol. The highest BCUT2D eigenvalue weighted by molar-refractivity contribution is 5.77. The first kappa shape index (κ1) is 9.45. The van der Waals surface area contributed by atoms with E-state index in [1.54, 1.807) is 7.05 Å². The molecule has 0 aromatic carbocycles. The highest BCUT2D eigenvalue weighted by Crippen LogP contribution is 2.28. The van der Waals surface area contributed by atoms with Crippen LogP contribution in [0.4, 0.5) is 4.39 Å². The van der Waals surface area contributed by atoms with Crippen LogP contribution in [0.3, 0.4) is 0 Å². The largest absolute Gasteiger partial charge is 0.275 e. The molecule has 0 saturated heterocycles. The van der Waals surface area contributed by atoms with Gasteiger partial charge in [-0.25, -0.2) is 9.45 Å². The van der Waals surface area contributed by atoms with E-state index in [-0.39, 0.29) is 11.8 Å². The lowest BCUT2D eigenvalue weighted by atomic mass is 10.1. The van der Waals surface area contributed by atoms with Gasteiger partial charge in [0.05, 0.1) is 7.11 Å². The molecule has 0 heterocycles. The number of carbonyl (C=O) groups is 1. The number of halogens is 1. The molecule has 1 amide bonds. The number of hydrogen-bond donors (Lipinski definition) is 0. The van der Waals surface area contributed by atoms with Gasteiger partial charge < -0.3 is 0 Å². The van der Waals surface area contributed by atoms with Crippen molar-refractivity contribution in [2.45, 2.75) is 25.4 Å².